The van der Waals surface area contributed by atoms with Crippen molar-refractivity contribution in [3.8, 4) is 0 Å². The normalized spacial score (nSPS) is 11.2. The summed E-state index contributed by atoms with van der Waals surface area (Å²) in [5.74, 6) is 0.551. The highest BCUT2D eigenvalue weighted by molar-refractivity contribution is 14.0. The van der Waals surface area contributed by atoms with Crippen LogP contribution in [0.3, 0.4) is 0 Å². The average Bonchev–Trinajstić information content (AvgIpc) is 2.45. The molecule has 21 heavy (non-hydrogen) atoms. The molecule has 0 heterocycles. The highest BCUT2D eigenvalue weighted by atomic mass is 127. The van der Waals surface area contributed by atoms with E-state index in [2.05, 4.69) is 17.2 Å². The molecule has 3 N–H and O–H groups in total. The monoisotopic (exact) mass is 415 g/mol. The van der Waals surface area contributed by atoms with Gasteiger partial charge in [0.2, 0.25) is 0 Å². The molecule has 0 aliphatic heterocycles. The fourth-order valence-electron chi connectivity index (χ4n) is 1.79. The first kappa shape index (κ1) is 23.2. The predicted molar refractivity (Wildman–Crippen MR) is 101 cm³/mol. The number of rotatable bonds is 14. The van der Waals surface area contributed by atoms with Crippen molar-refractivity contribution in [2.45, 2.75) is 51.9 Å². The molecule has 0 saturated carbocycles. The van der Waals surface area contributed by atoms with E-state index in [1.165, 1.54) is 38.5 Å². The van der Waals surface area contributed by atoms with Crippen molar-refractivity contribution in [1.29, 1.82) is 0 Å². The van der Waals surface area contributed by atoms with Gasteiger partial charge in [0, 0.05) is 26.8 Å². The van der Waals surface area contributed by atoms with Crippen LogP contribution in [0.4, 0.5) is 0 Å². The first-order valence-electron chi connectivity index (χ1n) is 7.91. The van der Waals surface area contributed by atoms with Gasteiger partial charge in [0.05, 0.1) is 13.2 Å². The summed E-state index contributed by atoms with van der Waals surface area (Å²) in [5.41, 5.74) is 5.78. The van der Waals surface area contributed by atoms with Gasteiger partial charge in [-0.3, -0.25) is 4.99 Å². The van der Waals surface area contributed by atoms with E-state index in [-0.39, 0.29) is 24.0 Å². The summed E-state index contributed by atoms with van der Waals surface area (Å²) >= 11 is 0. The number of nitrogens with one attached hydrogen (secondary N) is 1. The third-order valence-corrected chi connectivity index (χ3v) is 3.00. The smallest absolute Gasteiger partial charge is 0.188 e. The van der Waals surface area contributed by atoms with Crippen LogP contribution in [0.25, 0.3) is 0 Å². The van der Waals surface area contributed by atoms with Gasteiger partial charge in [-0.25, -0.2) is 0 Å². The number of halogens is 1. The molecule has 0 saturated heterocycles. The number of methoxy groups -OCH3 is 1. The van der Waals surface area contributed by atoms with Crippen LogP contribution >= 0.6 is 24.0 Å². The molecule has 6 heteroatoms. The number of guanidine groups is 1. The van der Waals surface area contributed by atoms with Crippen molar-refractivity contribution in [2.75, 3.05) is 40.0 Å². The minimum absolute atomic E-state index is 0. The Morgan fingerprint density at radius 2 is 1.71 bits per heavy atom. The highest BCUT2D eigenvalue weighted by Gasteiger charge is 1.93. The average molecular weight is 415 g/mol. The lowest BCUT2D eigenvalue weighted by Gasteiger charge is -2.06. The van der Waals surface area contributed by atoms with Gasteiger partial charge in [-0.1, -0.05) is 39.0 Å². The van der Waals surface area contributed by atoms with E-state index in [1.54, 1.807) is 7.11 Å². The number of unbranched alkanes of at least 4 members (excludes halogenated alkanes) is 5. The lowest BCUT2D eigenvalue weighted by atomic mass is 10.1. The second-order valence-corrected chi connectivity index (χ2v) is 4.92. The zero-order valence-corrected chi connectivity index (χ0v) is 16.1. The number of hydrogen-bond donors (Lipinski definition) is 2. The standard InChI is InChI=1S/C15H33N3O2.HI/c1-3-4-5-6-7-8-10-17-15(16)18-11-9-12-20-14-13-19-2;/h3-14H2,1-2H3,(H3,16,17,18);1H. The summed E-state index contributed by atoms with van der Waals surface area (Å²) in [5, 5.41) is 3.15. The van der Waals surface area contributed by atoms with Crippen LogP contribution in [0.5, 0.6) is 0 Å². The van der Waals surface area contributed by atoms with Crippen molar-refractivity contribution in [3.05, 3.63) is 0 Å². The van der Waals surface area contributed by atoms with Gasteiger partial charge < -0.3 is 20.5 Å². The number of nitrogens with two attached hydrogens (primary N) is 1. The Morgan fingerprint density at radius 1 is 1.00 bits per heavy atom. The number of ether oxygens (including phenoxy) is 2. The second-order valence-electron chi connectivity index (χ2n) is 4.92. The van der Waals surface area contributed by atoms with E-state index >= 15 is 0 Å². The summed E-state index contributed by atoms with van der Waals surface area (Å²) in [6, 6.07) is 0. The zero-order valence-electron chi connectivity index (χ0n) is 13.7. The van der Waals surface area contributed by atoms with E-state index in [1.807, 2.05) is 0 Å². The Bertz CT molecular complexity index is 229. The summed E-state index contributed by atoms with van der Waals surface area (Å²) in [6.07, 6.45) is 8.65. The quantitative estimate of drug-likeness (QED) is 0.198. The molecule has 0 aliphatic rings. The van der Waals surface area contributed by atoms with Crippen LogP contribution in [-0.4, -0.2) is 46.0 Å². The highest BCUT2D eigenvalue weighted by Crippen LogP contribution is 2.03. The zero-order chi connectivity index (χ0) is 14.9. The van der Waals surface area contributed by atoms with Crippen molar-refractivity contribution < 1.29 is 9.47 Å². The van der Waals surface area contributed by atoms with Crippen LogP contribution in [-0.2, 0) is 9.47 Å². The minimum atomic E-state index is 0. The van der Waals surface area contributed by atoms with Crippen LogP contribution in [0.15, 0.2) is 4.99 Å². The lowest BCUT2D eigenvalue weighted by molar-refractivity contribution is 0.0702. The molecule has 0 fully saturated rings. The van der Waals surface area contributed by atoms with Gasteiger partial charge in [0.25, 0.3) is 0 Å². The SMILES string of the molecule is CCCCCCCCNC(N)=NCCCOCCOC.I. The fraction of sp³-hybridized carbons (Fsp3) is 0.933. The van der Waals surface area contributed by atoms with Crippen molar-refractivity contribution in [3.63, 3.8) is 0 Å². The van der Waals surface area contributed by atoms with E-state index in [0.29, 0.717) is 32.3 Å². The van der Waals surface area contributed by atoms with Gasteiger partial charge >= 0.3 is 0 Å². The number of hydrogen-bond acceptors (Lipinski definition) is 3. The third kappa shape index (κ3) is 19.9. The largest absolute Gasteiger partial charge is 0.382 e. The molecule has 0 aromatic heterocycles. The van der Waals surface area contributed by atoms with Crippen LogP contribution in [0, 0.1) is 0 Å². The van der Waals surface area contributed by atoms with Gasteiger partial charge in [-0.15, -0.1) is 24.0 Å². The Hall–Kier alpha value is -0.0800. The van der Waals surface area contributed by atoms with Crippen molar-refractivity contribution >= 4 is 29.9 Å². The molecule has 0 aliphatic carbocycles. The first-order valence-corrected chi connectivity index (χ1v) is 7.91. The Morgan fingerprint density at radius 3 is 2.43 bits per heavy atom. The number of nitrogens with zero attached hydrogens (tertiary/aromatic N) is 1. The van der Waals surface area contributed by atoms with Crippen LogP contribution in [0.1, 0.15) is 51.9 Å². The minimum Gasteiger partial charge on any atom is -0.382 e. The summed E-state index contributed by atoms with van der Waals surface area (Å²) < 4.78 is 10.2. The molecule has 0 unspecified atom stereocenters. The van der Waals surface area contributed by atoms with Crippen molar-refractivity contribution in [2.24, 2.45) is 10.7 Å². The first-order chi connectivity index (χ1) is 9.81. The molecule has 5 nitrogen and oxygen atoms in total. The molecular weight excluding hydrogens is 381 g/mol. The molecule has 0 radical (unpaired) electrons. The molecule has 0 atom stereocenters. The molecule has 0 rings (SSSR count). The maximum Gasteiger partial charge on any atom is 0.188 e. The Balaban J connectivity index is 0. The summed E-state index contributed by atoms with van der Waals surface area (Å²) in [7, 11) is 1.67. The molecule has 0 spiro atoms. The van der Waals surface area contributed by atoms with Gasteiger partial charge in [-0.2, -0.15) is 0 Å². The topological polar surface area (TPSA) is 68.9 Å². The van der Waals surface area contributed by atoms with Crippen LogP contribution in [0.2, 0.25) is 0 Å². The van der Waals surface area contributed by atoms with E-state index < -0.39 is 0 Å². The summed E-state index contributed by atoms with van der Waals surface area (Å²) in [4.78, 5) is 4.26. The molecule has 0 aromatic carbocycles. The second kappa shape index (κ2) is 19.9. The maximum absolute atomic E-state index is 5.78. The molecule has 128 valence electrons. The van der Waals surface area contributed by atoms with Gasteiger partial charge in [0.1, 0.15) is 0 Å². The van der Waals surface area contributed by atoms with Gasteiger partial charge in [-0.05, 0) is 12.8 Å². The molecule has 0 amide bonds. The predicted octanol–water partition coefficient (Wildman–Crippen LogP) is 2.92. The number of aliphatic imine (C=N–C) groups is 1. The molecule has 0 aromatic rings. The fourth-order valence-corrected chi connectivity index (χ4v) is 1.79. The Labute approximate surface area is 147 Å². The summed E-state index contributed by atoms with van der Waals surface area (Å²) in [6.45, 7) is 5.87. The molecular formula is C15H34IN3O2. The maximum atomic E-state index is 5.78. The van der Waals surface area contributed by atoms with Crippen molar-refractivity contribution in [1.82, 2.24) is 5.32 Å². The van der Waals surface area contributed by atoms with E-state index in [9.17, 15) is 0 Å². The van der Waals surface area contributed by atoms with E-state index in [0.717, 1.165) is 13.0 Å². The lowest BCUT2D eigenvalue weighted by Crippen LogP contribution is -2.32. The van der Waals surface area contributed by atoms with Crippen LogP contribution < -0.4 is 11.1 Å². The third-order valence-electron chi connectivity index (χ3n) is 3.00. The van der Waals surface area contributed by atoms with Gasteiger partial charge in [0.15, 0.2) is 5.96 Å². The van der Waals surface area contributed by atoms with E-state index in [4.69, 9.17) is 15.2 Å². The molecule has 0 bridgehead atoms. The Kier molecular flexibility index (Phi) is 22.0.